The van der Waals surface area contributed by atoms with Crippen LogP contribution in [0, 0.1) is 0 Å². The zero-order chi connectivity index (χ0) is 15.5. The number of carbonyl (C=O) groups is 1. The van der Waals surface area contributed by atoms with Gasteiger partial charge in [0.1, 0.15) is 16.9 Å². The van der Waals surface area contributed by atoms with Gasteiger partial charge in [-0.1, -0.05) is 6.92 Å². The molecule has 0 bridgehead atoms. The third-order valence-corrected chi connectivity index (χ3v) is 4.68. The molecule has 0 saturated carbocycles. The Kier molecular flexibility index (Phi) is 4.40. The van der Waals surface area contributed by atoms with Gasteiger partial charge in [0.2, 0.25) is 0 Å². The summed E-state index contributed by atoms with van der Waals surface area (Å²) in [6.07, 6.45) is 3.56. The Labute approximate surface area is 132 Å². The van der Waals surface area contributed by atoms with Gasteiger partial charge in [-0.05, 0) is 24.6 Å². The van der Waals surface area contributed by atoms with E-state index in [9.17, 15) is 9.90 Å². The highest BCUT2D eigenvalue weighted by Gasteiger charge is 2.19. The highest BCUT2D eigenvalue weighted by molar-refractivity contribution is 7.15. The Balaban J connectivity index is 1.93. The van der Waals surface area contributed by atoms with Crippen molar-refractivity contribution >= 4 is 17.3 Å². The lowest BCUT2D eigenvalue weighted by atomic mass is 10.1. The molecule has 116 valence electrons. The molecular formula is C16H17NO4S. The minimum atomic E-state index is -0.971. The van der Waals surface area contributed by atoms with E-state index in [2.05, 4.69) is 11.9 Å². The van der Waals surface area contributed by atoms with Crippen LogP contribution in [0.1, 0.15) is 28.6 Å². The molecule has 2 heterocycles. The van der Waals surface area contributed by atoms with Gasteiger partial charge in [-0.2, -0.15) is 0 Å². The van der Waals surface area contributed by atoms with Crippen LogP contribution in [0.25, 0.3) is 10.6 Å². The van der Waals surface area contributed by atoms with Crippen LogP contribution in [-0.4, -0.2) is 35.4 Å². The Morgan fingerprint density at radius 3 is 3.00 bits per heavy atom. The second kappa shape index (κ2) is 6.46. The predicted octanol–water partition coefficient (Wildman–Crippen LogP) is 3.24. The Morgan fingerprint density at radius 1 is 1.50 bits per heavy atom. The van der Waals surface area contributed by atoms with Crippen LogP contribution in [0.3, 0.4) is 0 Å². The minimum absolute atomic E-state index is 0.0145. The van der Waals surface area contributed by atoms with E-state index < -0.39 is 5.97 Å². The van der Waals surface area contributed by atoms with Crippen molar-refractivity contribution in [3.05, 3.63) is 34.8 Å². The van der Waals surface area contributed by atoms with Gasteiger partial charge in [0.05, 0.1) is 18.8 Å². The third kappa shape index (κ3) is 3.28. The number of aryl methyl sites for hydroxylation is 1. The predicted molar refractivity (Wildman–Crippen MR) is 83.7 cm³/mol. The van der Waals surface area contributed by atoms with Crippen molar-refractivity contribution in [1.82, 2.24) is 4.98 Å². The molecule has 5 nitrogen and oxygen atoms in total. The number of ether oxygens (including phenoxy) is 2. The van der Waals surface area contributed by atoms with E-state index in [1.807, 2.05) is 12.3 Å². The number of carboxylic acids is 1. The maximum atomic E-state index is 11.3. The number of aromatic nitrogens is 1. The van der Waals surface area contributed by atoms with E-state index in [1.54, 1.807) is 23.5 Å². The van der Waals surface area contributed by atoms with Crippen molar-refractivity contribution in [2.75, 3.05) is 13.2 Å². The summed E-state index contributed by atoms with van der Waals surface area (Å²) >= 11 is 1.57. The lowest BCUT2D eigenvalue weighted by molar-refractivity contribution is 0.0696. The van der Waals surface area contributed by atoms with Crippen molar-refractivity contribution in [2.45, 2.75) is 25.9 Å². The number of hydrogen-bond donors (Lipinski definition) is 1. The largest absolute Gasteiger partial charge is 0.488 e. The number of aromatic carboxylic acids is 1. The molecule has 1 aromatic carbocycles. The average Bonchev–Trinajstić information content (AvgIpc) is 3.17. The van der Waals surface area contributed by atoms with Crippen LogP contribution in [-0.2, 0) is 11.2 Å². The zero-order valence-electron chi connectivity index (χ0n) is 12.2. The normalized spacial score (nSPS) is 17.6. The maximum Gasteiger partial charge on any atom is 0.335 e. The van der Waals surface area contributed by atoms with E-state index in [-0.39, 0.29) is 11.7 Å². The van der Waals surface area contributed by atoms with Crippen LogP contribution < -0.4 is 4.74 Å². The van der Waals surface area contributed by atoms with Gasteiger partial charge in [-0.25, -0.2) is 9.78 Å². The summed E-state index contributed by atoms with van der Waals surface area (Å²) in [7, 11) is 0. The number of rotatable bonds is 5. The molecular weight excluding hydrogens is 302 g/mol. The van der Waals surface area contributed by atoms with E-state index in [1.165, 1.54) is 4.88 Å². The first-order valence-corrected chi connectivity index (χ1v) is 8.05. The lowest BCUT2D eigenvalue weighted by Crippen LogP contribution is -2.16. The van der Waals surface area contributed by atoms with E-state index in [4.69, 9.17) is 9.47 Å². The van der Waals surface area contributed by atoms with Gasteiger partial charge in [-0.15, -0.1) is 11.3 Å². The van der Waals surface area contributed by atoms with Crippen molar-refractivity contribution in [2.24, 2.45) is 0 Å². The van der Waals surface area contributed by atoms with Gasteiger partial charge >= 0.3 is 5.97 Å². The summed E-state index contributed by atoms with van der Waals surface area (Å²) < 4.78 is 11.1. The van der Waals surface area contributed by atoms with Crippen molar-refractivity contribution in [1.29, 1.82) is 0 Å². The second-order valence-corrected chi connectivity index (χ2v) is 6.26. The third-order valence-electron chi connectivity index (χ3n) is 3.49. The highest BCUT2D eigenvalue weighted by Crippen LogP contribution is 2.30. The molecule has 1 fully saturated rings. The number of thiazole rings is 1. The Bertz CT molecular complexity index is 677. The van der Waals surface area contributed by atoms with Gasteiger partial charge in [0, 0.05) is 23.1 Å². The number of nitrogens with zero attached hydrogens (tertiary/aromatic N) is 1. The van der Waals surface area contributed by atoms with Gasteiger partial charge < -0.3 is 14.6 Å². The number of carboxylic acid groups (broad SMARTS) is 1. The molecule has 0 spiro atoms. The SMILES string of the molecule is CCc1cnc(-c2cc(O[C@H]3CCOC3)cc(C(=O)O)c2)s1. The summed E-state index contributed by atoms with van der Waals surface area (Å²) in [5.74, 6) is -0.416. The lowest BCUT2D eigenvalue weighted by Gasteiger charge is -2.13. The molecule has 3 rings (SSSR count). The van der Waals surface area contributed by atoms with Crippen LogP contribution in [0.4, 0.5) is 0 Å². The molecule has 0 radical (unpaired) electrons. The van der Waals surface area contributed by atoms with Crippen molar-refractivity contribution < 1.29 is 19.4 Å². The van der Waals surface area contributed by atoms with E-state index in [0.29, 0.717) is 19.0 Å². The maximum absolute atomic E-state index is 11.3. The summed E-state index contributed by atoms with van der Waals surface area (Å²) in [5.41, 5.74) is 0.984. The summed E-state index contributed by atoms with van der Waals surface area (Å²) in [6, 6.07) is 5.04. The van der Waals surface area contributed by atoms with Crippen molar-refractivity contribution in [3.8, 4) is 16.3 Å². The topological polar surface area (TPSA) is 68.7 Å². The van der Waals surface area contributed by atoms with Gasteiger partial charge in [-0.3, -0.25) is 0 Å². The number of hydrogen-bond acceptors (Lipinski definition) is 5. The van der Waals surface area contributed by atoms with Crippen LogP contribution >= 0.6 is 11.3 Å². The molecule has 1 aromatic heterocycles. The fourth-order valence-electron chi connectivity index (χ4n) is 2.32. The number of benzene rings is 1. The van der Waals surface area contributed by atoms with E-state index in [0.717, 1.165) is 23.4 Å². The molecule has 1 N–H and O–H groups in total. The molecule has 1 atom stereocenters. The smallest absolute Gasteiger partial charge is 0.335 e. The second-order valence-electron chi connectivity index (χ2n) is 5.14. The molecule has 0 amide bonds. The summed E-state index contributed by atoms with van der Waals surface area (Å²) in [5, 5.41) is 10.1. The molecule has 0 aliphatic carbocycles. The molecule has 1 aliphatic rings. The monoisotopic (exact) mass is 319 g/mol. The molecule has 6 heteroatoms. The highest BCUT2D eigenvalue weighted by atomic mass is 32.1. The quantitative estimate of drug-likeness (QED) is 0.916. The average molecular weight is 319 g/mol. The first-order chi connectivity index (χ1) is 10.7. The van der Waals surface area contributed by atoms with Crippen molar-refractivity contribution in [3.63, 3.8) is 0 Å². The molecule has 1 aliphatic heterocycles. The van der Waals surface area contributed by atoms with Crippen LogP contribution in [0.15, 0.2) is 24.4 Å². The summed E-state index contributed by atoms with van der Waals surface area (Å²) in [6.45, 7) is 3.30. The first-order valence-electron chi connectivity index (χ1n) is 7.23. The Morgan fingerprint density at radius 2 is 2.36 bits per heavy atom. The molecule has 2 aromatic rings. The summed E-state index contributed by atoms with van der Waals surface area (Å²) in [4.78, 5) is 16.9. The molecule has 0 unspecified atom stereocenters. The fraction of sp³-hybridized carbons (Fsp3) is 0.375. The van der Waals surface area contributed by atoms with E-state index >= 15 is 0 Å². The first kappa shape index (κ1) is 15.0. The standard InChI is InChI=1S/C16H17NO4S/c1-2-14-8-17-15(22-14)10-5-11(16(18)19)7-13(6-10)21-12-3-4-20-9-12/h5-8,12H,2-4,9H2,1H3,(H,18,19)/t12-/m0/s1. The van der Waals surface area contributed by atoms with Gasteiger partial charge in [0.25, 0.3) is 0 Å². The zero-order valence-corrected chi connectivity index (χ0v) is 13.1. The van der Waals surface area contributed by atoms with Crippen LogP contribution in [0.5, 0.6) is 5.75 Å². The minimum Gasteiger partial charge on any atom is -0.488 e. The Hall–Kier alpha value is -1.92. The molecule has 1 saturated heterocycles. The molecule has 22 heavy (non-hydrogen) atoms. The van der Waals surface area contributed by atoms with Gasteiger partial charge in [0.15, 0.2) is 0 Å². The fourth-order valence-corrected chi connectivity index (χ4v) is 3.16. The van der Waals surface area contributed by atoms with Crippen LogP contribution in [0.2, 0.25) is 0 Å².